The fraction of sp³-hybridized carbons (Fsp3) is 0.692. The zero-order valence-corrected chi connectivity index (χ0v) is 13.8. The maximum absolute atomic E-state index is 11.4. The van der Waals surface area contributed by atoms with Gasteiger partial charge in [-0.2, -0.15) is 0 Å². The van der Waals surface area contributed by atoms with Crippen LogP contribution in [0.4, 0.5) is 0 Å². The summed E-state index contributed by atoms with van der Waals surface area (Å²) in [5.74, 6) is 1.62. The molecule has 0 aromatic carbocycles. The molecule has 0 bridgehead atoms. The van der Waals surface area contributed by atoms with E-state index in [0.717, 1.165) is 42.0 Å². The third kappa shape index (κ3) is 4.53. The summed E-state index contributed by atoms with van der Waals surface area (Å²) in [5, 5.41) is 3.50. The quantitative estimate of drug-likeness (QED) is 0.904. The highest BCUT2D eigenvalue weighted by Crippen LogP contribution is 2.21. The molecule has 1 aromatic heterocycles. The molecule has 2 heterocycles. The molecule has 2 rings (SSSR count). The van der Waals surface area contributed by atoms with E-state index in [4.69, 9.17) is 11.6 Å². The second-order valence-electron chi connectivity index (χ2n) is 5.46. The summed E-state index contributed by atoms with van der Waals surface area (Å²) in [4.78, 5) is 3.70. The van der Waals surface area contributed by atoms with E-state index in [9.17, 15) is 4.21 Å². The maximum Gasteiger partial charge on any atom is 0.0931 e. The number of nitrogens with zero attached hydrogens (tertiary/aromatic N) is 1. The Morgan fingerprint density at radius 2 is 2.11 bits per heavy atom. The zero-order chi connectivity index (χ0) is 13.9. The summed E-state index contributed by atoms with van der Waals surface area (Å²) in [6.45, 7) is 8.15. The van der Waals surface area contributed by atoms with Crippen LogP contribution in [-0.4, -0.2) is 45.8 Å². The monoisotopic (exact) mass is 320 g/mol. The molecule has 6 heteroatoms. The first-order chi connectivity index (χ1) is 8.97. The van der Waals surface area contributed by atoms with Crippen molar-refractivity contribution in [2.45, 2.75) is 25.9 Å². The van der Waals surface area contributed by atoms with Gasteiger partial charge in [0, 0.05) is 58.9 Å². The van der Waals surface area contributed by atoms with E-state index >= 15 is 0 Å². The van der Waals surface area contributed by atoms with Gasteiger partial charge < -0.3 is 5.32 Å². The van der Waals surface area contributed by atoms with Crippen LogP contribution < -0.4 is 5.32 Å². The summed E-state index contributed by atoms with van der Waals surface area (Å²) in [7, 11) is -0.603. The molecule has 0 radical (unpaired) electrons. The normalized spacial score (nSPS) is 18.9. The van der Waals surface area contributed by atoms with Crippen molar-refractivity contribution in [3.8, 4) is 0 Å². The minimum atomic E-state index is -0.603. The summed E-state index contributed by atoms with van der Waals surface area (Å²) >= 11 is 7.54. The molecule has 3 nitrogen and oxygen atoms in total. The van der Waals surface area contributed by atoms with Gasteiger partial charge in [-0.15, -0.1) is 11.3 Å². The molecular formula is C13H21ClN2OS2. The van der Waals surface area contributed by atoms with Crippen LogP contribution in [0.5, 0.6) is 0 Å². The molecule has 0 spiro atoms. The number of rotatable bonds is 5. The van der Waals surface area contributed by atoms with E-state index < -0.39 is 10.8 Å². The lowest BCUT2D eigenvalue weighted by Crippen LogP contribution is -2.54. The Bertz CT molecular complexity index is 438. The smallest absolute Gasteiger partial charge is 0.0931 e. The molecule has 0 atom stereocenters. The standard InChI is InChI=1S/C13H21ClN2OS2/c1-13(2,16-5-7-19(17)8-6-16)10-15-9-11-3-4-12(14)18-11/h3-4,15H,5-10H2,1-2H3. The molecule has 1 N–H and O–H groups in total. The zero-order valence-electron chi connectivity index (χ0n) is 11.4. The topological polar surface area (TPSA) is 32.3 Å². The Balaban J connectivity index is 1.78. The van der Waals surface area contributed by atoms with Crippen molar-refractivity contribution in [2.24, 2.45) is 0 Å². The SMILES string of the molecule is CC(C)(CNCc1ccc(Cl)s1)N1CCS(=O)CC1. The van der Waals surface area contributed by atoms with E-state index in [0.29, 0.717) is 0 Å². The van der Waals surface area contributed by atoms with Gasteiger partial charge in [0.2, 0.25) is 0 Å². The van der Waals surface area contributed by atoms with Crippen molar-refractivity contribution < 1.29 is 4.21 Å². The first kappa shape index (κ1) is 15.4. The van der Waals surface area contributed by atoms with Crippen LogP contribution in [0.1, 0.15) is 18.7 Å². The van der Waals surface area contributed by atoms with Crippen LogP contribution in [0.2, 0.25) is 4.34 Å². The van der Waals surface area contributed by atoms with Crippen molar-refractivity contribution in [1.82, 2.24) is 10.2 Å². The van der Waals surface area contributed by atoms with Crippen molar-refractivity contribution >= 4 is 33.7 Å². The van der Waals surface area contributed by atoms with E-state index in [2.05, 4.69) is 30.1 Å². The molecular weight excluding hydrogens is 300 g/mol. The molecule has 0 saturated carbocycles. The molecule has 0 aliphatic carbocycles. The molecule has 0 unspecified atom stereocenters. The van der Waals surface area contributed by atoms with Crippen LogP contribution in [0.3, 0.4) is 0 Å². The van der Waals surface area contributed by atoms with Gasteiger partial charge >= 0.3 is 0 Å². The van der Waals surface area contributed by atoms with Crippen molar-refractivity contribution in [3.63, 3.8) is 0 Å². The number of thiophene rings is 1. The minimum Gasteiger partial charge on any atom is -0.310 e. The average Bonchev–Trinajstić information content (AvgIpc) is 2.75. The lowest BCUT2D eigenvalue weighted by Gasteiger charge is -2.40. The number of halogens is 1. The molecule has 1 fully saturated rings. The Morgan fingerprint density at radius 1 is 1.42 bits per heavy atom. The van der Waals surface area contributed by atoms with Crippen LogP contribution in [-0.2, 0) is 17.3 Å². The number of nitrogens with one attached hydrogen (secondary N) is 1. The fourth-order valence-electron chi connectivity index (χ4n) is 2.29. The first-order valence-corrected chi connectivity index (χ1v) is 9.20. The molecule has 1 aliphatic heterocycles. The highest BCUT2D eigenvalue weighted by atomic mass is 35.5. The highest BCUT2D eigenvalue weighted by molar-refractivity contribution is 7.85. The lowest BCUT2D eigenvalue weighted by molar-refractivity contribution is 0.131. The highest BCUT2D eigenvalue weighted by Gasteiger charge is 2.29. The number of hydrogen-bond acceptors (Lipinski definition) is 4. The fourth-order valence-corrected chi connectivity index (χ4v) is 4.40. The van der Waals surface area contributed by atoms with Crippen molar-refractivity contribution in [2.75, 3.05) is 31.1 Å². The Hall–Kier alpha value is 0.0600. The van der Waals surface area contributed by atoms with E-state index in [1.54, 1.807) is 11.3 Å². The van der Waals surface area contributed by atoms with E-state index in [-0.39, 0.29) is 5.54 Å². The van der Waals surface area contributed by atoms with Crippen LogP contribution in [0.25, 0.3) is 0 Å². The molecule has 19 heavy (non-hydrogen) atoms. The predicted octanol–water partition coefficient (Wildman–Crippen LogP) is 2.33. The summed E-state index contributed by atoms with van der Waals surface area (Å²) < 4.78 is 12.2. The summed E-state index contributed by atoms with van der Waals surface area (Å²) in [5.41, 5.74) is 0.103. The van der Waals surface area contributed by atoms with Crippen LogP contribution in [0, 0.1) is 0 Å². The summed E-state index contributed by atoms with van der Waals surface area (Å²) in [6, 6.07) is 4.01. The average molecular weight is 321 g/mol. The third-order valence-electron chi connectivity index (χ3n) is 3.52. The third-order valence-corrected chi connectivity index (χ3v) is 6.03. The van der Waals surface area contributed by atoms with Gasteiger partial charge in [0.15, 0.2) is 0 Å². The second kappa shape index (κ2) is 6.68. The Labute approximate surface area is 126 Å². The lowest BCUT2D eigenvalue weighted by atomic mass is 10.0. The first-order valence-electron chi connectivity index (χ1n) is 6.52. The molecule has 1 saturated heterocycles. The van der Waals surface area contributed by atoms with Gasteiger partial charge in [-0.05, 0) is 26.0 Å². The molecule has 0 amide bonds. The Morgan fingerprint density at radius 3 is 2.68 bits per heavy atom. The van der Waals surface area contributed by atoms with Gasteiger partial charge in [0.05, 0.1) is 4.34 Å². The second-order valence-corrected chi connectivity index (χ2v) is 8.95. The maximum atomic E-state index is 11.4. The molecule has 1 aliphatic rings. The van der Waals surface area contributed by atoms with E-state index in [1.807, 2.05) is 6.07 Å². The summed E-state index contributed by atoms with van der Waals surface area (Å²) in [6.07, 6.45) is 0. The molecule has 108 valence electrons. The van der Waals surface area contributed by atoms with Gasteiger partial charge in [-0.25, -0.2) is 0 Å². The minimum absolute atomic E-state index is 0.103. The van der Waals surface area contributed by atoms with Crippen LogP contribution in [0.15, 0.2) is 12.1 Å². The van der Waals surface area contributed by atoms with Crippen molar-refractivity contribution in [3.05, 3.63) is 21.3 Å². The number of hydrogen-bond donors (Lipinski definition) is 1. The Kier molecular flexibility index (Phi) is 5.43. The van der Waals surface area contributed by atoms with E-state index in [1.165, 1.54) is 4.88 Å². The largest absolute Gasteiger partial charge is 0.310 e. The molecule has 1 aromatic rings. The van der Waals surface area contributed by atoms with Gasteiger partial charge in [-0.3, -0.25) is 9.11 Å². The van der Waals surface area contributed by atoms with Gasteiger partial charge in [0.25, 0.3) is 0 Å². The van der Waals surface area contributed by atoms with Gasteiger partial charge in [0.1, 0.15) is 0 Å². The predicted molar refractivity (Wildman–Crippen MR) is 84.6 cm³/mol. The van der Waals surface area contributed by atoms with Gasteiger partial charge in [-0.1, -0.05) is 11.6 Å². The van der Waals surface area contributed by atoms with Crippen molar-refractivity contribution in [1.29, 1.82) is 0 Å². The van der Waals surface area contributed by atoms with Crippen LogP contribution >= 0.6 is 22.9 Å².